The molecule has 0 radical (unpaired) electrons. The maximum Gasteiger partial charge on any atom is 0.0947 e. The Morgan fingerprint density at radius 2 is 2.38 bits per heavy atom. The highest BCUT2D eigenvalue weighted by Crippen LogP contribution is 2.16. The maximum atomic E-state index is 5.69. The third-order valence-corrected chi connectivity index (χ3v) is 3.06. The lowest BCUT2D eigenvalue weighted by molar-refractivity contribution is 0.0102. The van der Waals surface area contributed by atoms with E-state index in [0.29, 0.717) is 6.10 Å². The van der Waals surface area contributed by atoms with Crippen molar-refractivity contribution in [3.63, 3.8) is 0 Å². The van der Waals surface area contributed by atoms with Crippen molar-refractivity contribution in [2.45, 2.75) is 44.8 Å². The zero-order valence-corrected chi connectivity index (χ0v) is 9.78. The summed E-state index contributed by atoms with van der Waals surface area (Å²) in [7, 11) is 0. The molecule has 2 heterocycles. The van der Waals surface area contributed by atoms with Gasteiger partial charge in [0.2, 0.25) is 0 Å². The van der Waals surface area contributed by atoms with Crippen LogP contribution in [0, 0.1) is 0 Å². The SMILES string of the molecule is c1cc(CNCCCC2CCCCO2)co1. The molecule has 0 saturated carbocycles. The van der Waals surface area contributed by atoms with Gasteiger partial charge in [-0.15, -0.1) is 0 Å². The van der Waals surface area contributed by atoms with Crippen LogP contribution in [-0.4, -0.2) is 19.3 Å². The van der Waals surface area contributed by atoms with E-state index in [1.165, 1.54) is 37.7 Å². The first-order valence-corrected chi connectivity index (χ1v) is 6.28. The van der Waals surface area contributed by atoms with Gasteiger partial charge in [0.1, 0.15) is 0 Å². The van der Waals surface area contributed by atoms with Crippen LogP contribution in [-0.2, 0) is 11.3 Å². The lowest BCUT2D eigenvalue weighted by Crippen LogP contribution is -2.21. The monoisotopic (exact) mass is 223 g/mol. The van der Waals surface area contributed by atoms with Gasteiger partial charge < -0.3 is 14.5 Å². The largest absolute Gasteiger partial charge is 0.472 e. The number of hydrogen-bond acceptors (Lipinski definition) is 3. The van der Waals surface area contributed by atoms with Crippen molar-refractivity contribution < 1.29 is 9.15 Å². The molecule has 1 atom stereocenters. The van der Waals surface area contributed by atoms with Crippen molar-refractivity contribution in [2.24, 2.45) is 0 Å². The fourth-order valence-electron chi connectivity index (χ4n) is 2.12. The van der Waals surface area contributed by atoms with E-state index >= 15 is 0 Å². The van der Waals surface area contributed by atoms with Gasteiger partial charge in [-0.3, -0.25) is 0 Å². The van der Waals surface area contributed by atoms with Crippen LogP contribution < -0.4 is 5.32 Å². The highest BCUT2D eigenvalue weighted by atomic mass is 16.5. The van der Waals surface area contributed by atoms with Crippen LogP contribution in [0.1, 0.15) is 37.7 Å². The van der Waals surface area contributed by atoms with Crippen LogP contribution in [0.15, 0.2) is 23.0 Å². The molecule has 0 bridgehead atoms. The zero-order valence-electron chi connectivity index (χ0n) is 9.78. The molecule has 16 heavy (non-hydrogen) atoms. The van der Waals surface area contributed by atoms with E-state index in [4.69, 9.17) is 9.15 Å². The van der Waals surface area contributed by atoms with E-state index < -0.39 is 0 Å². The van der Waals surface area contributed by atoms with Crippen molar-refractivity contribution in [1.29, 1.82) is 0 Å². The van der Waals surface area contributed by atoms with E-state index in [-0.39, 0.29) is 0 Å². The number of nitrogens with one attached hydrogen (secondary N) is 1. The lowest BCUT2D eigenvalue weighted by Gasteiger charge is -2.22. The van der Waals surface area contributed by atoms with E-state index in [1.807, 2.05) is 6.07 Å². The first kappa shape index (κ1) is 11.7. The van der Waals surface area contributed by atoms with E-state index in [0.717, 1.165) is 19.7 Å². The highest BCUT2D eigenvalue weighted by molar-refractivity contribution is 5.04. The molecule has 0 aromatic carbocycles. The predicted molar refractivity (Wildman–Crippen MR) is 63.2 cm³/mol. The Labute approximate surface area is 97.2 Å². The van der Waals surface area contributed by atoms with Gasteiger partial charge in [-0.2, -0.15) is 0 Å². The molecule has 2 rings (SSSR count). The average Bonchev–Trinajstić information content (AvgIpc) is 2.83. The quantitative estimate of drug-likeness (QED) is 0.753. The minimum Gasteiger partial charge on any atom is -0.472 e. The summed E-state index contributed by atoms with van der Waals surface area (Å²) in [6.45, 7) is 2.93. The summed E-state index contributed by atoms with van der Waals surface area (Å²) in [5.41, 5.74) is 1.22. The van der Waals surface area contributed by atoms with E-state index in [1.54, 1.807) is 12.5 Å². The summed E-state index contributed by atoms with van der Waals surface area (Å²) in [5.74, 6) is 0. The van der Waals surface area contributed by atoms with Crippen molar-refractivity contribution in [3.05, 3.63) is 24.2 Å². The molecule has 1 fully saturated rings. The van der Waals surface area contributed by atoms with Crippen molar-refractivity contribution >= 4 is 0 Å². The average molecular weight is 223 g/mol. The second-order valence-electron chi connectivity index (χ2n) is 4.44. The second-order valence-corrected chi connectivity index (χ2v) is 4.44. The molecule has 3 heteroatoms. The summed E-state index contributed by atoms with van der Waals surface area (Å²) in [6, 6.07) is 2.00. The summed E-state index contributed by atoms with van der Waals surface area (Å²) in [4.78, 5) is 0. The Hall–Kier alpha value is -0.800. The third kappa shape index (κ3) is 3.99. The van der Waals surface area contributed by atoms with Gasteiger partial charge in [-0.25, -0.2) is 0 Å². The highest BCUT2D eigenvalue weighted by Gasteiger charge is 2.12. The van der Waals surface area contributed by atoms with Gasteiger partial charge in [0.25, 0.3) is 0 Å². The number of ether oxygens (including phenoxy) is 1. The van der Waals surface area contributed by atoms with Gasteiger partial charge in [-0.05, 0) is 44.7 Å². The van der Waals surface area contributed by atoms with Gasteiger partial charge >= 0.3 is 0 Å². The molecule has 0 spiro atoms. The van der Waals surface area contributed by atoms with Gasteiger partial charge in [0, 0.05) is 18.7 Å². The summed E-state index contributed by atoms with van der Waals surface area (Å²) in [6.07, 6.45) is 10.2. The first-order chi connectivity index (χ1) is 7.95. The lowest BCUT2D eigenvalue weighted by atomic mass is 10.0. The fourth-order valence-corrected chi connectivity index (χ4v) is 2.12. The number of rotatable bonds is 6. The second kappa shape index (κ2) is 6.71. The zero-order chi connectivity index (χ0) is 11.1. The Morgan fingerprint density at radius 3 is 3.12 bits per heavy atom. The maximum absolute atomic E-state index is 5.69. The van der Waals surface area contributed by atoms with Crippen molar-refractivity contribution in [1.82, 2.24) is 5.32 Å². The minimum absolute atomic E-state index is 0.518. The molecule has 1 aromatic heterocycles. The molecule has 1 unspecified atom stereocenters. The molecule has 0 amide bonds. The minimum atomic E-state index is 0.518. The van der Waals surface area contributed by atoms with Gasteiger partial charge in [0.15, 0.2) is 0 Å². The predicted octanol–water partition coefficient (Wildman–Crippen LogP) is 2.72. The fraction of sp³-hybridized carbons (Fsp3) is 0.692. The molecular weight excluding hydrogens is 202 g/mol. The molecule has 0 aliphatic carbocycles. The standard InChI is InChI=1S/C13H21NO2/c1-2-8-16-13(4-1)5-3-7-14-10-12-6-9-15-11-12/h6,9,11,13-14H,1-5,7-8,10H2. The number of furan rings is 1. The molecule has 90 valence electrons. The topological polar surface area (TPSA) is 34.4 Å². The molecule has 1 saturated heterocycles. The molecule has 3 nitrogen and oxygen atoms in total. The van der Waals surface area contributed by atoms with Crippen LogP contribution in [0.2, 0.25) is 0 Å². The summed E-state index contributed by atoms with van der Waals surface area (Å²) < 4.78 is 10.7. The van der Waals surface area contributed by atoms with Crippen molar-refractivity contribution in [3.8, 4) is 0 Å². The Kier molecular flexibility index (Phi) is 4.90. The molecule has 1 aromatic rings. The normalized spacial score (nSPS) is 21.1. The van der Waals surface area contributed by atoms with Crippen LogP contribution in [0.3, 0.4) is 0 Å². The van der Waals surface area contributed by atoms with Gasteiger partial charge in [0.05, 0.1) is 18.6 Å². The van der Waals surface area contributed by atoms with Crippen LogP contribution in [0.5, 0.6) is 0 Å². The summed E-state index contributed by atoms with van der Waals surface area (Å²) >= 11 is 0. The first-order valence-electron chi connectivity index (χ1n) is 6.28. The molecule has 1 aliphatic rings. The number of hydrogen-bond donors (Lipinski definition) is 1. The van der Waals surface area contributed by atoms with Crippen LogP contribution in [0.25, 0.3) is 0 Å². The third-order valence-electron chi connectivity index (χ3n) is 3.06. The van der Waals surface area contributed by atoms with Crippen molar-refractivity contribution in [2.75, 3.05) is 13.2 Å². The smallest absolute Gasteiger partial charge is 0.0947 e. The Balaban J connectivity index is 1.48. The van der Waals surface area contributed by atoms with E-state index in [2.05, 4.69) is 5.32 Å². The van der Waals surface area contributed by atoms with Gasteiger partial charge in [-0.1, -0.05) is 0 Å². The molecule has 1 aliphatic heterocycles. The van der Waals surface area contributed by atoms with E-state index in [9.17, 15) is 0 Å². The van der Waals surface area contributed by atoms with Crippen LogP contribution in [0.4, 0.5) is 0 Å². The van der Waals surface area contributed by atoms with Crippen LogP contribution >= 0.6 is 0 Å². The molecule has 1 N–H and O–H groups in total. The summed E-state index contributed by atoms with van der Waals surface area (Å²) in [5, 5.41) is 3.41. The Bertz CT molecular complexity index is 265. The molecular formula is C13H21NO2. The Morgan fingerprint density at radius 1 is 1.38 bits per heavy atom.